The average Bonchev–Trinajstić information content (AvgIpc) is 2.99. The lowest BCUT2D eigenvalue weighted by molar-refractivity contribution is -0.144. The van der Waals surface area contributed by atoms with Crippen LogP contribution in [0.3, 0.4) is 0 Å². The topological polar surface area (TPSA) is 70.3 Å². The molecule has 2 heterocycles. The van der Waals surface area contributed by atoms with E-state index in [1.54, 1.807) is 7.05 Å². The van der Waals surface area contributed by atoms with E-state index < -0.39 is 11.2 Å². The van der Waals surface area contributed by atoms with Crippen LogP contribution < -0.4 is 11.2 Å². The molecule has 0 aliphatic carbocycles. The van der Waals surface area contributed by atoms with Crippen LogP contribution in [0.4, 0.5) is 0 Å². The molecule has 3 rings (SSSR count). The SMILES string of the molecule is Cn1c(COC(=O)[C@@H]2Cc3ccccc3S2)cc(=O)n(C)c1=O. The number of esters is 1. The molecule has 0 radical (unpaired) electrons. The van der Waals surface area contributed by atoms with Gasteiger partial charge in [-0.25, -0.2) is 4.79 Å². The molecule has 0 saturated carbocycles. The summed E-state index contributed by atoms with van der Waals surface area (Å²) in [5, 5.41) is -0.282. The Labute approximate surface area is 136 Å². The fraction of sp³-hybridized carbons (Fsp3) is 0.312. The third-order valence-corrected chi connectivity index (χ3v) is 5.19. The van der Waals surface area contributed by atoms with Crippen molar-refractivity contribution in [1.29, 1.82) is 0 Å². The highest BCUT2D eigenvalue weighted by molar-refractivity contribution is 8.01. The van der Waals surface area contributed by atoms with E-state index in [0.717, 1.165) is 15.0 Å². The van der Waals surface area contributed by atoms with Gasteiger partial charge in [0.1, 0.15) is 11.9 Å². The summed E-state index contributed by atoms with van der Waals surface area (Å²) in [6.07, 6.45) is 0.634. The highest BCUT2D eigenvalue weighted by Crippen LogP contribution is 2.37. The van der Waals surface area contributed by atoms with E-state index in [-0.39, 0.29) is 17.8 Å². The van der Waals surface area contributed by atoms with Gasteiger partial charge in [0.05, 0.1) is 5.69 Å². The van der Waals surface area contributed by atoms with Crippen LogP contribution in [0.5, 0.6) is 0 Å². The quantitative estimate of drug-likeness (QED) is 0.779. The average molecular weight is 332 g/mol. The van der Waals surface area contributed by atoms with Gasteiger partial charge in [0.25, 0.3) is 5.56 Å². The van der Waals surface area contributed by atoms with Crippen LogP contribution in [-0.4, -0.2) is 20.4 Å². The molecular formula is C16H16N2O4S. The summed E-state index contributed by atoms with van der Waals surface area (Å²) in [5.74, 6) is -0.334. The Balaban J connectivity index is 1.69. The van der Waals surface area contributed by atoms with Crippen LogP contribution in [0, 0.1) is 0 Å². The number of carbonyl (C=O) groups is 1. The molecule has 7 heteroatoms. The first-order valence-corrected chi connectivity index (χ1v) is 8.02. The van der Waals surface area contributed by atoms with E-state index in [0.29, 0.717) is 12.1 Å². The third-order valence-electron chi connectivity index (χ3n) is 3.90. The Morgan fingerprint density at radius 3 is 2.74 bits per heavy atom. The maximum atomic E-state index is 12.2. The predicted molar refractivity (Wildman–Crippen MR) is 86.5 cm³/mol. The molecule has 1 atom stereocenters. The number of fused-ring (bicyclic) bond motifs is 1. The van der Waals surface area contributed by atoms with Crippen molar-refractivity contribution in [2.45, 2.75) is 23.2 Å². The molecule has 0 bridgehead atoms. The minimum Gasteiger partial charge on any atom is -0.458 e. The number of carbonyl (C=O) groups excluding carboxylic acids is 1. The Hall–Kier alpha value is -2.28. The minimum atomic E-state index is -0.439. The van der Waals surface area contributed by atoms with E-state index >= 15 is 0 Å². The Morgan fingerprint density at radius 1 is 1.26 bits per heavy atom. The molecule has 1 aliphatic rings. The number of benzene rings is 1. The number of ether oxygens (including phenoxy) is 1. The molecule has 0 fully saturated rings. The summed E-state index contributed by atoms with van der Waals surface area (Å²) in [6.45, 7) is -0.0892. The molecule has 6 nitrogen and oxygen atoms in total. The predicted octanol–water partition coefficient (Wildman–Crippen LogP) is 0.844. The maximum absolute atomic E-state index is 12.2. The first-order valence-electron chi connectivity index (χ1n) is 7.14. The summed E-state index contributed by atoms with van der Waals surface area (Å²) < 4.78 is 7.63. The van der Waals surface area contributed by atoms with Gasteiger partial charge in [0.15, 0.2) is 0 Å². The summed E-state index contributed by atoms with van der Waals surface area (Å²) in [6, 6.07) is 9.18. The standard InChI is InChI=1S/C16H16N2O4S/c1-17-11(8-14(19)18(2)16(17)21)9-22-15(20)13-7-10-5-3-4-6-12(10)23-13/h3-6,8,13H,7,9H2,1-2H3/t13-/m0/s1. The van der Waals surface area contributed by atoms with Gasteiger partial charge >= 0.3 is 11.7 Å². The largest absolute Gasteiger partial charge is 0.458 e. The Bertz CT molecular complexity index is 859. The van der Waals surface area contributed by atoms with Crippen molar-refractivity contribution in [2.75, 3.05) is 0 Å². The molecule has 1 aliphatic heterocycles. The maximum Gasteiger partial charge on any atom is 0.330 e. The Morgan fingerprint density at radius 2 is 2.00 bits per heavy atom. The van der Waals surface area contributed by atoms with E-state index in [2.05, 4.69) is 0 Å². The lowest BCUT2D eigenvalue weighted by Crippen LogP contribution is -2.38. The van der Waals surface area contributed by atoms with Gasteiger partial charge in [-0.1, -0.05) is 18.2 Å². The van der Waals surface area contributed by atoms with Crippen molar-refractivity contribution in [1.82, 2.24) is 9.13 Å². The van der Waals surface area contributed by atoms with Gasteiger partial charge in [0, 0.05) is 25.1 Å². The van der Waals surface area contributed by atoms with Gasteiger partial charge in [0.2, 0.25) is 0 Å². The van der Waals surface area contributed by atoms with E-state index in [9.17, 15) is 14.4 Å². The zero-order valence-corrected chi connectivity index (χ0v) is 13.6. The van der Waals surface area contributed by atoms with E-state index in [1.165, 1.54) is 29.4 Å². The third kappa shape index (κ3) is 2.96. The van der Waals surface area contributed by atoms with Crippen LogP contribution in [0.25, 0.3) is 0 Å². The number of rotatable bonds is 3. The van der Waals surface area contributed by atoms with Gasteiger partial charge in [-0.3, -0.25) is 18.7 Å². The summed E-state index contributed by atoms with van der Waals surface area (Å²) in [5.41, 5.74) is 0.667. The van der Waals surface area contributed by atoms with Crippen LogP contribution >= 0.6 is 11.8 Å². The lowest BCUT2D eigenvalue weighted by Gasteiger charge is -2.12. The highest BCUT2D eigenvalue weighted by Gasteiger charge is 2.29. The van der Waals surface area contributed by atoms with Crippen molar-refractivity contribution < 1.29 is 9.53 Å². The zero-order valence-electron chi connectivity index (χ0n) is 12.8. The molecule has 0 unspecified atom stereocenters. The van der Waals surface area contributed by atoms with Crippen molar-refractivity contribution >= 4 is 17.7 Å². The molecule has 0 saturated heterocycles. The van der Waals surface area contributed by atoms with Crippen LogP contribution in [0.15, 0.2) is 44.8 Å². The number of hydrogen-bond acceptors (Lipinski definition) is 5. The Kier molecular flexibility index (Phi) is 4.12. The highest BCUT2D eigenvalue weighted by atomic mass is 32.2. The van der Waals surface area contributed by atoms with Crippen molar-refractivity contribution in [3.8, 4) is 0 Å². The fourth-order valence-electron chi connectivity index (χ4n) is 2.47. The lowest BCUT2D eigenvalue weighted by atomic mass is 10.1. The molecule has 1 aromatic carbocycles. The molecule has 0 spiro atoms. The van der Waals surface area contributed by atoms with Crippen LogP contribution in [0.2, 0.25) is 0 Å². The minimum absolute atomic E-state index is 0.0892. The zero-order chi connectivity index (χ0) is 16.6. The number of nitrogens with zero attached hydrogens (tertiary/aromatic N) is 2. The van der Waals surface area contributed by atoms with Crippen LogP contribution in [-0.2, 0) is 36.7 Å². The first-order chi connectivity index (χ1) is 11.0. The summed E-state index contributed by atoms with van der Waals surface area (Å²) in [4.78, 5) is 36.8. The molecule has 0 amide bonds. The first kappa shape index (κ1) is 15.6. The normalized spacial score (nSPS) is 16.2. The molecular weight excluding hydrogens is 316 g/mol. The van der Waals surface area contributed by atoms with Crippen molar-refractivity contribution in [3.63, 3.8) is 0 Å². The second-order valence-electron chi connectivity index (χ2n) is 5.40. The monoisotopic (exact) mass is 332 g/mol. The van der Waals surface area contributed by atoms with Gasteiger partial charge in [-0.15, -0.1) is 11.8 Å². The number of aromatic nitrogens is 2. The molecule has 23 heavy (non-hydrogen) atoms. The van der Waals surface area contributed by atoms with Crippen molar-refractivity contribution in [3.05, 3.63) is 62.4 Å². The summed E-state index contributed by atoms with van der Waals surface area (Å²) >= 11 is 1.48. The van der Waals surface area contributed by atoms with E-state index in [1.807, 2.05) is 24.3 Å². The smallest absolute Gasteiger partial charge is 0.330 e. The van der Waals surface area contributed by atoms with Gasteiger partial charge < -0.3 is 4.74 Å². The van der Waals surface area contributed by atoms with Gasteiger partial charge in [-0.2, -0.15) is 0 Å². The molecule has 2 aromatic rings. The van der Waals surface area contributed by atoms with E-state index in [4.69, 9.17) is 4.74 Å². The van der Waals surface area contributed by atoms with Gasteiger partial charge in [-0.05, 0) is 18.1 Å². The molecule has 120 valence electrons. The fourth-order valence-corrected chi connectivity index (χ4v) is 3.66. The number of hydrogen-bond donors (Lipinski definition) is 0. The number of thioether (sulfide) groups is 1. The molecule has 1 aromatic heterocycles. The molecule has 0 N–H and O–H groups in total. The van der Waals surface area contributed by atoms with Crippen molar-refractivity contribution in [2.24, 2.45) is 14.1 Å². The second-order valence-corrected chi connectivity index (χ2v) is 6.65. The second kappa shape index (κ2) is 6.08. The summed E-state index contributed by atoms with van der Waals surface area (Å²) in [7, 11) is 2.96. The van der Waals surface area contributed by atoms with Crippen LogP contribution in [0.1, 0.15) is 11.3 Å².